The van der Waals surface area contributed by atoms with Crippen LogP contribution in [0.15, 0.2) is 35.4 Å². The predicted molar refractivity (Wildman–Crippen MR) is 101 cm³/mol. The van der Waals surface area contributed by atoms with Gasteiger partial charge in [-0.15, -0.1) is 0 Å². The first kappa shape index (κ1) is 18.8. The standard InChI is InChI=1S/C18H22N5O4S/c1-18(7-8-18)20-28(26,27)13-4-5-15-14(10-13)16(24)23(17(25)21(15)2)11-12-6-9-19-22(12)3/h4-6,9-10,14,20H,7-8,11H2,1-3H3/q+1. The molecule has 2 aliphatic carbocycles. The summed E-state index contributed by atoms with van der Waals surface area (Å²) < 4.78 is 31.0. The molecule has 148 valence electrons. The van der Waals surface area contributed by atoms with Crippen LogP contribution >= 0.6 is 0 Å². The lowest BCUT2D eigenvalue weighted by Gasteiger charge is -2.26. The van der Waals surface area contributed by atoms with Crippen molar-refractivity contribution in [2.75, 3.05) is 7.05 Å². The van der Waals surface area contributed by atoms with Crippen molar-refractivity contribution < 1.29 is 22.6 Å². The SMILES string of the molecule is Cn1nccc1CN1C(=O)C2C=C(S(=O)(=O)NC3(C)CC3)C=CC2=[N+](C)C1=O. The van der Waals surface area contributed by atoms with Crippen LogP contribution in [0.5, 0.6) is 0 Å². The van der Waals surface area contributed by atoms with Gasteiger partial charge in [-0.2, -0.15) is 19.4 Å². The summed E-state index contributed by atoms with van der Waals surface area (Å²) in [6.07, 6.45) is 7.56. The van der Waals surface area contributed by atoms with E-state index in [2.05, 4.69) is 9.82 Å². The summed E-state index contributed by atoms with van der Waals surface area (Å²) in [7, 11) is -0.427. The zero-order valence-electron chi connectivity index (χ0n) is 15.9. The second-order valence-corrected chi connectivity index (χ2v) is 9.37. The number of nitrogens with one attached hydrogen (secondary N) is 1. The van der Waals surface area contributed by atoms with Gasteiger partial charge in [0.2, 0.25) is 10.0 Å². The molecule has 1 aliphatic heterocycles. The third-order valence-corrected chi connectivity index (χ3v) is 7.09. The number of amides is 3. The summed E-state index contributed by atoms with van der Waals surface area (Å²) in [5.74, 6) is -1.28. The van der Waals surface area contributed by atoms with Crippen molar-refractivity contribution in [3.05, 3.63) is 41.1 Å². The van der Waals surface area contributed by atoms with Gasteiger partial charge in [0, 0.05) is 18.8 Å². The Bertz CT molecular complexity index is 1080. The van der Waals surface area contributed by atoms with E-state index in [9.17, 15) is 18.0 Å². The molecule has 10 heteroatoms. The average Bonchev–Trinajstić information content (AvgIpc) is 3.22. The van der Waals surface area contributed by atoms with Crippen LogP contribution in [-0.2, 0) is 28.4 Å². The highest BCUT2D eigenvalue weighted by Gasteiger charge is 2.48. The van der Waals surface area contributed by atoms with Crippen molar-refractivity contribution >= 4 is 27.7 Å². The molecule has 1 atom stereocenters. The predicted octanol–water partition coefficient (Wildman–Crippen LogP) is 0.507. The van der Waals surface area contributed by atoms with Gasteiger partial charge >= 0.3 is 11.9 Å². The van der Waals surface area contributed by atoms with Gasteiger partial charge in [-0.1, -0.05) is 0 Å². The van der Waals surface area contributed by atoms with Gasteiger partial charge in [0.15, 0.2) is 0 Å². The number of carbonyl (C=O) groups is 2. The van der Waals surface area contributed by atoms with E-state index in [1.165, 1.54) is 22.8 Å². The lowest BCUT2D eigenvalue weighted by atomic mass is 9.94. The lowest BCUT2D eigenvalue weighted by molar-refractivity contribution is -0.406. The molecule has 3 amide bonds. The Morgan fingerprint density at radius 2 is 2.04 bits per heavy atom. The van der Waals surface area contributed by atoms with Crippen LogP contribution in [0.4, 0.5) is 4.79 Å². The summed E-state index contributed by atoms with van der Waals surface area (Å²) in [6, 6.07) is 1.28. The lowest BCUT2D eigenvalue weighted by Crippen LogP contribution is -2.53. The Morgan fingerprint density at radius 3 is 2.64 bits per heavy atom. The number of nitrogens with zero attached hydrogens (tertiary/aromatic N) is 4. The minimum atomic E-state index is -3.73. The number of fused-ring (bicyclic) bond motifs is 1. The summed E-state index contributed by atoms with van der Waals surface area (Å²) in [6.45, 7) is 1.92. The largest absolute Gasteiger partial charge is 0.501 e. The zero-order chi connectivity index (χ0) is 20.3. The van der Waals surface area contributed by atoms with E-state index in [0.717, 1.165) is 17.7 Å². The molecule has 1 N–H and O–H groups in total. The second kappa shape index (κ2) is 6.21. The Balaban J connectivity index is 1.67. The molecule has 0 aromatic carbocycles. The number of aromatic nitrogens is 2. The first-order chi connectivity index (χ1) is 13.1. The van der Waals surface area contributed by atoms with Gasteiger partial charge < -0.3 is 0 Å². The Morgan fingerprint density at radius 1 is 1.32 bits per heavy atom. The molecule has 1 saturated carbocycles. The monoisotopic (exact) mass is 404 g/mol. The molecule has 1 aromatic rings. The van der Waals surface area contributed by atoms with Crippen molar-refractivity contribution in [1.29, 1.82) is 0 Å². The highest BCUT2D eigenvalue weighted by Crippen LogP contribution is 2.36. The molecule has 1 aromatic heterocycles. The number of hydrogen-bond donors (Lipinski definition) is 1. The Labute approximate surface area is 163 Å². The van der Waals surface area contributed by atoms with Crippen molar-refractivity contribution in [2.45, 2.75) is 31.8 Å². The molecule has 0 saturated heterocycles. The van der Waals surface area contributed by atoms with Crippen molar-refractivity contribution in [2.24, 2.45) is 13.0 Å². The molecule has 4 rings (SSSR count). The maximum Gasteiger partial charge on any atom is 0.501 e. The molecule has 3 aliphatic rings. The molecule has 0 spiro atoms. The van der Waals surface area contributed by atoms with E-state index in [1.807, 2.05) is 6.92 Å². The van der Waals surface area contributed by atoms with E-state index in [-0.39, 0.29) is 11.4 Å². The minimum Gasteiger partial charge on any atom is -0.269 e. The summed E-state index contributed by atoms with van der Waals surface area (Å²) in [5, 5.41) is 4.05. The third kappa shape index (κ3) is 3.12. The second-order valence-electron chi connectivity index (χ2n) is 7.68. The number of urea groups is 1. The highest BCUT2D eigenvalue weighted by atomic mass is 32.2. The van der Waals surface area contributed by atoms with Gasteiger partial charge in [0.25, 0.3) is 0 Å². The topological polar surface area (TPSA) is 104 Å². The number of aryl methyl sites for hydroxylation is 1. The Kier molecular flexibility index (Phi) is 4.16. The smallest absolute Gasteiger partial charge is 0.269 e. The molecule has 1 fully saturated rings. The molecule has 28 heavy (non-hydrogen) atoms. The van der Waals surface area contributed by atoms with E-state index in [1.54, 1.807) is 31.0 Å². The first-order valence-electron chi connectivity index (χ1n) is 8.98. The van der Waals surface area contributed by atoms with Gasteiger partial charge in [-0.3, -0.25) is 4.68 Å². The van der Waals surface area contributed by atoms with E-state index in [4.69, 9.17) is 0 Å². The fraction of sp³-hybridized carbons (Fsp3) is 0.444. The molecular weight excluding hydrogens is 382 g/mol. The number of carbonyl (C=O) groups excluding carboxylic acids is 2. The van der Waals surface area contributed by atoms with Gasteiger partial charge in [-0.25, -0.2) is 17.9 Å². The van der Waals surface area contributed by atoms with Crippen molar-refractivity contribution in [3.63, 3.8) is 0 Å². The molecule has 1 unspecified atom stereocenters. The van der Waals surface area contributed by atoms with Crippen LogP contribution in [0.3, 0.4) is 0 Å². The summed E-state index contributed by atoms with van der Waals surface area (Å²) in [4.78, 5) is 26.9. The van der Waals surface area contributed by atoms with Crippen LogP contribution in [0, 0.1) is 5.92 Å². The van der Waals surface area contributed by atoms with Gasteiger partial charge in [-0.05, 0) is 44.1 Å². The van der Waals surface area contributed by atoms with E-state index >= 15 is 0 Å². The maximum absolute atomic E-state index is 13.1. The molecule has 0 radical (unpaired) electrons. The zero-order valence-corrected chi connectivity index (χ0v) is 16.7. The molecule has 2 heterocycles. The average molecular weight is 404 g/mol. The Hall–Kier alpha value is -2.59. The maximum atomic E-state index is 13.1. The quantitative estimate of drug-likeness (QED) is 0.720. The van der Waals surface area contributed by atoms with E-state index < -0.39 is 33.4 Å². The number of allylic oxidation sites excluding steroid dienone is 2. The number of hydrogen-bond acceptors (Lipinski definition) is 5. The van der Waals surface area contributed by atoms with Crippen LogP contribution in [0.1, 0.15) is 25.5 Å². The van der Waals surface area contributed by atoms with Gasteiger partial charge in [0.1, 0.15) is 18.2 Å². The van der Waals surface area contributed by atoms with Crippen LogP contribution in [0.25, 0.3) is 0 Å². The number of imide groups is 1. The van der Waals surface area contributed by atoms with Crippen LogP contribution in [-0.4, -0.2) is 57.9 Å². The van der Waals surface area contributed by atoms with Crippen molar-refractivity contribution in [3.8, 4) is 0 Å². The van der Waals surface area contributed by atoms with Crippen molar-refractivity contribution in [1.82, 2.24) is 19.4 Å². The molecular formula is C18H22N5O4S+. The minimum absolute atomic E-state index is 0.0472. The highest BCUT2D eigenvalue weighted by molar-refractivity contribution is 7.93. The van der Waals surface area contributed by atoms with Crippen LogP contribution < -0.4 is 4.72 Å². The van der Waals surface area contributed by atoms with E-state index in [0.29, 0.717) is 11.4 Å². The fourth-order valence-corrected chi connectivity index (χ4v) is 4.90. The number of rotatable bonds is 5. The normalized spacial score (nSPS) is 23.8. The van der Waals surface area contributed by atoms with Crippen LogP contribution in [0.2, 0.25) is 0 Å². The summed E-state index contributed by atoms with van der Waals surface area (Å²) in [5.41, 5.74) is 0.754. The van der Waals surface area contributed by atoms with Gasteiger partial charge in [0.05, 0.1) is 17.6 Å². The number of sulfonamides is 1. The summed E-state index contributed by atoms with van der Waals surface area (Å²) >= 11 is 0. The molecule has 9 nitrogen and oxygen atoms in total. The third-order valence-electron chi connectivity index (χ3n) is 5.44. The first-order valence-corrected chi connectivity index (χ1v) is 10.5. The fourth-order valence-electron chi connectivity index (χ4n) is 3.36. The molecule has 0 bridgehead atoms.